The van der Waals surface area contributed by atoms with Gasteiger partial charge in [0.1, 0.15) is 22.3 Å². The van der Waals surface area contributed by atoms with E-state index in [0.29, 0.717) is 12.1 Å². The minimum Gasteiger partial charge on any atom is -0.483 e. The van der Waals surface area contributed by atoms with Gasteiger partial charge in [0.25, 0.3) is 10.0 Å². The van der Waals surface area contributed by atoms with E-state index in [2.05, 4.69) is 9.47 Å². The van der Waals surface area contributed by atoms with Crippen LogP contribution in [-0.4, -0.2) is 34.0 Å². The molecular formula is C17H10Cl2F6N2O4S. The highest BCUT2D eigenvalue weighted by atomic mass is 35.5. The molecule has 2 aromatic rings. The van der Waals surface area contributed by atoms with Gasteiger partial charge in [0.2, 0.25) is 0 Å². The Morgan fingerprint density at radius 2 is 1.53 bits per heavy atom. The number of hydrogen-bond acceptors (Lipinski definition) is 5. The van der Waals surface area contributed by atoms with Gasteiger partial charge in [-0.15, -0.1) is 0 Å². The highest BCUT2D eigenvalue weighted by Crippen LogP contribution is 2.37. The first kappa shape index (κ1) is 25.7. The van der Waals surface area contributed by atoms with Crippen molar-refractivity contribution in [3.63, 3.8) is 0 Å². The maximum Gasteiger partial charge on any atom is 0.422 e. The first-order chi connectivity index (χ1) is 14.6. The summed E-state index contributed by atoms with van der Waals surface area (Å²) in [5.41, 5.74) is -1.12. The average Bonchev–Trinajstić information content (AvgIpc) is 2.65. The topological polar surface area (TPSA) is 88.4 Å². The molecule has 0 saturated carbocycles. The summed E-state index contributed by atoms with van der Waals surface area (Å²) in [6.45, 7) is -3.91. The molecule has 0 aliphatic heterocycles. The molecule has 0 bridgehead atoms. The van der Waals surface area contributed by atoms with Crippen molar-refractivity contribution in [3.05, 3.63) is 45.9 Å². The number of rotatable bonds is 7. The first-order valence-corrected chi connectivity index (χ1v) is 10.3. The third kappa shape index (κ3) is 6.98. The molecule has 0 unspecified atom stereocenters. The number of benzene rings is 2. The summed E-state index contributed by atoms with van der Waals surface area (Å²) in [7, 11) is -4.71. The highest BCUT2D eigenvalue weighted by molar-refractivity contribution is 7.92. The zero-order valence-electron chi connectivity index (χ0n) is 15.3. The quantitative estimate of drug-likeness (QED) is 0.481. The van der Waals surface area contributed by atoms with Crippen LogP contribution in [0.25, 0.3) is 0 Å². The van der Waals surface area contributed by atoms with E-state index in [1.54, 1.807) is 0 Å². The molecule has 0 aliphatic rings. The standard InChI is InChI=1S/C17H10Cl2F6N2O4S/c18-11-2-1-9(5-12(11)19)27-32(28,29)14-4-3-13(30-7-16(20,21)22)10(6-26)15(14)31-8-17(23,24)25/h1-5,27H,7-8H2. The van der Waals surface area contributed by atoms with Crippen LogP contribution in [0.3, 0.4) is 0 Å². The molecular weight excluding hydrogens is 513 g/mol. The number of nitriles is 1. The second-order valence-electron chi connectivity index (χ2n) is 5.92. The summed E-state index contributed by atoms with van der Waals surface area (Å²) in [4.78, 5) is -0.955. The molecule has 0 saturated heterocycles. The molecule has 0 heterocycles. The lowest BCUT2D eigenvalue weighted by atomic mass is 10.2. The summed E-state index contributed by atoms with van der Waals surface area (Å²) in [6.07, 6.45) is -9.78. The third-order valence-electron chi connectivity index (χ3n) is 3.43. The molecule has 0 fully saturated rings. The van der Waals surface area contributed by atoms with E-state index in [1.807, 2.05) is 4.72 Å². The largest absolute Gasteiger partial charge is 0.483 e. The van der Waals surface area contributed by atoms with Crippen molar-refractivity contribution in [2.24, 2.45) is 0 Å². The number of nitrogens with zero attached hydrogens (tertiary/aromatic N) is 1. The van der Waals surface area contributed by atoms with E-state index < -0.39 is 57.5 Å². The normalized spacial score (nSPS) is 12.2. The number of alkyl halides is 6. The number of hydrogen-bond donors (Lipinski definition) is 1. The average molecular weight is 523 g/mol. The zero-order chi connectivity index (χ0) is 24.3. The lowest BCUT2D eigenvalue weighted by Crippen LogP contribution is -2.23. The van der Waals surface area contributed by atoms with Gasteiger partial charge in [-0.3, -0.25) is 4.72 Å². The lowest BCUT2D eigenvalue weighted by molar-refractivity contribution is -0.154. The second kappa shape index (κ2) is 9.51. The Morgan fingerprint density at radius 1 is 0.938 bits per heavy atom. The highest BCUT2D eigenvalue weighted by Gasteiger charge is 2.34. The first-order valence-electron chi connectivity index (χ1n) is 8.07. The summed E-state index contributed by atoms with van der Waals surface area (Å²) in [5, 5.41) is 9.32. The van der Waals surface area contributed by atoms with E-state index in [4.69, 9.17) is 23.2 Å². The van der Waals surface area contributed by atoms with Crippen LogP contribution < -0.4 is 14.2 Å². The minimum absolute atomic E-state index is 0.0472. The predicted molar refractivity (Wildman–Crippen MR) is 102 cm³/mol. The molecule has 15 heteroatoms. The number of nitrogens with one attached hydrogen (secondary N) is 1. The zero-order valence-corrected chi connectivity index (χ0v) is 17.6. The molecule has 0 aliphatic carbocycles. The molecule has 0 radical (unpaired) electrons. The van der Waals surface area contributed by atoms with Crippen LogP contribution in [0.4, 0.5) is 32.0 Å². The fourth-order valence-corrected chi connectivity index (χ4v) is 3.71. The Bertz CT molecular complexity index is 1150. The minimum atomic E-state index is -4.95. The maximum absolute atomic E-state index is 12.8. The molecule has 6 nitrogen and oxygen atoms in total. The monoisotopic (exact) mass is 522 g/mol. The summed E-state index contributed by atoms with van der Waals surface area (Å²) in [6, 6.07) is 6.16. The van der Waals surface area contributed by atoms with Crippen LogP contribution in [0.1, 0.15) is 5.56 Å². The van der Waals surface area contributed by atoms with Gasteiger partial charge in [0, 0.05) is 0 Å². The van der Waals surface area contributed by atoms with Crippen molar-refractivity contribution < 1.29 is 44.2 Å². The lowest BCUT2D eigenvalue weighted by Gasteiger charge is -2.18. The summed E-state index contributed by atoms with van der Waals surface area (Å²) in [5.74, 6) is -1.97. The molecule has 0 aromatic heterocycles. The van der Waals surface area contributed by atoms with Crippen LogP contribution in [0.15, 0.2) is 35.2 Å². The van der Waals surface area contributed by atoms with Crippen molar-refractivity contribution >= 4 is 38.9 Å². The molecule has 0 atom stereocenters. The van der Waals surface area contributed by atoms with Gasteiger partial charge in [-0.2, -0.15) is 31.6 Å². The molecule has 0 spiro atoms. The van der Waals surface area contributed by atoms with Crippen molar-refractivity contribution in [1.82, 2.24) is 0 Å². The Balaban J connectivity index is 2.55. The van der Waals surface area contributed by atoms with Crippen molar-refractivity contribution in [2.75, 3.05) is 17.9 Å². The second-order valence-corrected chi connectivity index (χ2v) is 8.39. The van der Waals surface area contributed by atoms with Gasteiger partial charge in [-0.1, -0.05) is 23.2 Å². The van der Waals surface area contributed by atoms with Crippen molar-refractivity contribution in [2.45, 2.75) is 17.2 Å². The molecule has 1 N–H and O–H groups in total. The summed E-state index contributed by atoms with van der Waals surface area (Å²) < 4.78 is 112. The Hall–Kier alpha value is -2.56. The van der Waals surface area contributed by atoms with Crippen LogP contribution in [0.2, 0.25) is 10.0 Å². The van der Waals surface area contributed by atoms with Crippen LogP contribution in [0.5, 0.6) is 11.5 Å². The number of sulfonamides is 1. The van der Waals surface area contributed by atoms with Gasteiger partial charge < -0.3 is 9.47 Å². The molecule has 0 amide bonds. The Labute approximate surface area is 187 Å². The molecule has 174 valence electrons. The fraction of sp³-hybridized carbons (Fsp3) is 0.235. The van der Waals surface area contributed by atoms with Crippen LogP contribution in [-0.2, 0) is 10.0 Å². The number of ether oxygens (including phenoxy) is 2. The van der Waals surface area contributed by atoms with E-state index in [1.165, 1.54) is 18.2 Å². The third-order valence-corrected chi connectivity index (χ3v) is 5.57. The van der Waals surface area contributed by atoms with E-state index in [0.717, 1.165) is 6.07 Å². The Kier molecular flexibility index (Phi) is 7.64. The molecule has 2 aromatic carbocycles. The van der Waals surface area contributed by atoms with E-state index in [-0.39, 0.29) is 15.7 Å². The van der Waals surface area contributed by atoms with Crippen LogP contribution in [0, 0.1) is 11.3 Å². The van der Waals surface area contributed by atoms with E-state index in [9.17, 15) is 40.0 Å². The molecule has 32 heavy (non-hydrogen) atoms. The fourth-order valence-electron chi connectivity index (χ4n) is 2.21. The van der Waals surface area contributed by atoms with Crippen molar-refractivity contribution in [3.8, 4) is 17.6 Å². The smallest absolute Gasteiger partial charge is 0.422 e. The maximum atomic E-state index is 12.8. The van der Waals surface area contributed by atoms with Gasteiger partial charge in [0.15, 0.2) is 19.0 Å². The van der Waals surface area contributed by atoms with E-state index >= 15 is 0 Å². The van der Waals surface area contributed by atoms with Crippen molar-refractivity contribution in [1.29, 1.82) is 5.26 Å². The number of halogens is 8. The van der Waals surface area contributed by atoms with Gasteiger partial charge in [-0.05, 0) is 30.3 Å². The summed E-state index contributed by atoms with van der Waals surface area (Å²) >= 11 is 11.5. The van der Waals surface area contributed by atoms with Gasteiger partial charge in [-0.25, -0.2) is 8.42 Å². The SMILES string of the molecule is N#Cc1c(OCC(F)(F)F)ccc(S(=O)(=O)Nc2ccc(Cl)c(Cl)c2)c1OCC(F)(F)F. The predicted octanol–water partition coefficient (Wildman–Crippen LogP) is 5.55. The molecule has 2 rings (SSSR count). The number of anilines is 1. The Morgan fingerprint density at radius 3 is 2.06 bits per heavy atom. The van der Waals surface area contributed by atoms with Gasteiger partial charge in [0.05, 0.1) is 15.7 Å². The van der Waals surface area contributed by atoms with Crippen LogP contribution >= 0.6 is 23.2 Å². The van der Waals surface area contributed by atoms with Gasteiger partial charge >= 0.3 is 12.4 Å².